The smallest absolute Gasteiger partial charge is 0.164 e. The molecule has 2 fully saturated rings. The third kappa shape index (κ3) is 5.37. The van der Waals surface area contributed by atoms with Gasteiger partial charge >= 0.3 is 0 Å². The predicted molar refractivity (Wildman–Crippen MR) is 173 cm³/mol. The summed E-state index contributed by atoms with van der Waals surface area (Å²) in [4.78, 5) is 14.5. The van der Waals surface area contributed by atoms with Crippen LogP contribution in [0.15, 0.2) is 103 Å². The van der Waals surface area contributed by atoms with Gasteiger partial charge in [0.05, 0.1) is 11.6 Å². The zero-order valence-corrected chi connectivity index (χ0v) is 24.9. The number of fused-ring (bicyclic) bond motifs is 2. The van der Waals surface area contributed by atoms with Crippen LogP contribution in [0, 0.1) is 29.1 Å². The van der Waals surface area contributed by atoms with Crippen LogP contribution in [-0.2, 0) is 5.41 Å². The molecule has 2 saturated carbocycles. The van der Waals surface area contributed by atoms with Gasteiger partial charge in [-0.2, -0.15) is 5.26 Å². The van der Waals surface area contributed by atoms with Crippen molar-refractivity contribution in [3.63, 3.8) is 0 Å². The Kier molecular flexibility index (Phi) is 7.11. The maximum atomic E-state index is 10.2. The Bertz CT molecular complexity index is 1710. The molecule has 5 aromatic rings. The molecule has 212 valence electrons. The van der Waals surface area contributed by atoms with E-state index in [1.807, 2.05) is 78.9 Å². The molecule has 0 amide bonds. The molecule has 0 N–H and O–H groups in total. The first-order valence-corrected chi connectivity index (χ1v) is 15.5. The number of hydrogen-bond donors (Lipinski definition) is 0. The predicted octanol–water partition coefficient (Wildman–Crippen LogP) is 9.52. The molecule has 1 heterocycles. The van der Waals surface area contributed by atoms with Crippen LogP contribution in [0.5, 0.6) is 0 Å². The number of benzene rings is 4. The van der Waals surface area contributed by atoms with E-state index in [-0.39, 0.29) is 0 Å². The molecular formula is C39H36N4. The molecule has 43 heavy (non-hydrogen) atoms. The molecule has 0 aliphatic heterocycles. The van der Waals surface area contributed by atoms with Crippen molar-refractivity contribution in [2.24, 2.45) is 17.8 Å². The lowest BCUT2D eigenvalue weighted by Crippen LogP contribution is -2.42. The van der Waals surface area contributed by atoms with Crippen LogP contribution < -0.4 is 0 Å². The molecule has 2 bridgehead atoms. The minimum Gasteiger partial charge on any atom is -0.208 e. The number of nitrogens with zero attached hydrogens (tertiary/aromatic N) is 4. The molecule has 2 aliphatic carbocycles. The van der Waals surface area contributed by atoms with E-state index in [0.29, 0.717) is 28.5 Å². The summed E-state index contributed by atoms with van der Waals surface area (Å²) < 4.78 is 0. The maximum absolute atomic E-state index is 10.2. The van der Waals surface area contributed by atoms with Crippen molar-refractivity contribution < 1.29 is 0 Å². The summed E-state index contributed by atoms with van der Waals surface area (Å²) in [5.41, 5.74) is 7.03. The summed E-state index contributed by atoms with van der Waals surface area (Å²) in [5.74, 6) is 4.19. The largest absolute Gasteiger partial charge is 0.208 e. The highest BCUT2D eigenvalue weighted by Crippen LogP contribution is 2.54. The molecule has 7 rings (SSSR count). The monoisotopic (exact) mass is 560 g/mol. The molecule has 4 atom stereocenters. The second-order valence-corrected chi connectivity index (χ2v) is 12.9. The summed E-state index contributed by atoms with van der Waals surface area (Å²) in [6, 6.07) is 37.4. The highest BCUT2D eigenvalue weighted by Gasteiger charge is 2.45. The molecule has 0 radical (unpaired) electrons. The zero-order valence-electron chi connectivity index (χ0n) is 24.9. The van der Waals surface area contributed by atoms with Crippen LogP contribution in [0.3, 0.4) is 0 Å². The normalized spacial score (nSPS) is 23.0. The van der Waals surface area contributed by atoms with Gasteiger partial charge in [0.15, 0.2) is 17.5 Å². The zero-order chi connectivity index (χ0) is 29.4. The molecule has 4 heteroatoms. The number of hydrogen-bond acceptors (Lipinski definition) is 4. The molecule has 0 spiro atoms. The van der Waals surface area contributed by atoms with Gasteiger partial charge in [-0.1, -0.05) is 111 Å². The van der Waals surface area contributed by atoms with E-state index in [4.69, 9.17) is 15.0 Å². The lowest BCUT2D eigenvalue weighted by molar-refractivity contribution is 0.0780. The van der Waals surface area contributed by atoms with Crippen molar-refractivity contribution >= 4 is 0 Å². The van der Waals surface area contributed by atoms with Crippen molar-refractivity contribution in [1.29, 1.82) is 5.26 Å². The Labute approximate surface area is 254 Å². The van der Waals surface area contributed by atoms with Crippen LogP contribution in [0.25, 0.3) is 45.3 Å². The van der Waals surface area contributed by atoms with Crippen LogP contribution in [0.1, 0.15) is 57.1 Å². The Balaban J connectivity index is 1.24. The Hall–Kier alpha value is -4.62. The van der Waals surface area contributed by atoms with Gasteiger partial charge in [0.2, 0.25) is 0 Å². The fraction of sp³-hybridized carbons (Fsp3) is 0.282. The van der Waals surface area contributed by atoms with Gasteiger partial charge in [0.1, 0.15) is 0 Å². The second kappa shape index (κ2) is 11.2. The highest BCUT2D eigenvalue weighted by molar-refractivity contribution is 5.76. The first kappa shape index (κ1) is 27.2. The topological polar surface area (TPSA) is 62.5 Å². The van der Waals surface area contributed by atoms with Crippen molar-refractivity contribution in [1.82, 2.24) is 15.0 Å². The van der Waals surface area contributed by atoms with E-state index in [2.05, 4.69) is 44.2 Å². The van der Waals surface area contributed by atoms with Gasteiger partial charge in [-0.15, -0.1) is 0 Å². The first-order chi connectivity index (χ1) is 21.0. The van der Waals surface area contributed by atoms with Crippen LogP contribution in [0.2, 0.25) is 0 Å². The van der Waals surface area contributed by atoms with Gasteiger partial charge in [0, 0.05) is 16.7 Å². The van der Waals surface area contributed by atoms with E-state index in [9.17, 15) is 5.26 Å². The molecular weight excluding hydrogens is 524 g/mol. The number of rotatable bonds is 5. The Morgan fingerprint density at radius 3 is 1.65 bits per heavy atom. The SMILES string of the molecule is C[C@@H]1C[C@@H]2C[C@H](C)CC(c3ccc(-c4ccc(-c5nc(-c6ccccc6)nc(-c6ccccc6)n5)cc4C#N)cc3)(C1)C2. The van der Waals surface area contributed by atoms with Gasteiger partial charge in [-0.25, -0.2) is 15.0 Å². The third-order valence-electron chi connectivity index (χ3n) is 9.54. The molecule has 1 unspecified atom stereocenters. The van der Waals surface area contributed by atoms with E-state index in [0.717, 1.165) is 45.6 Å². The van der Waals surface area contributed by atoms with E-state index < -0.39 is 0 Å². The third-order valence-corrected chi connectivity index (χ3v) is 9.54. The van der Waals surface area contributed by atoms with Crippen LogP contribution in [-0.4, -0.2) is 15.0 Å². The van der Waals surface area contributed by atoms with E-state index >= 15 is 0 Å². The lowest BCUT2D eigenvalue weighted by atomic mass is 9.54. The highest BCUT2D eigenvalue weighted by atomic mass is 15.0. The van der Waals surface area contributed by atoms with Gasteiger partial charge in [-0.05, 0) is 78.0 Å². The van der Waals surface area contributed by atoms with Crippen LogP contribution >= 0.6 is 0 Å². The molecule has 2 aliphatic rings. The van der Waals surface area contributed by atoms with Gasteiger partial charge in [-0.3, -0.25) is 0 Å². The van der Waals surface area contributed by atoms with Gasteiger partial charge < -0.3 is 0 Å². The minimum atomic E-state index is 0.298. The summed E-state index contributed by atoms with van der Waals surface area (Å²) in [6.45, 7) is 4.87. The minimum absolute atomic E-state index is 0.298. The fourth-order valence-electron chi connectivity index (χ4n) is 8.03. The molecule has 4 aromatic carbocycles. The standard InChI is InChI=1S/C39H36N4/c1-26-19-28-20-27(2)23-39(22-26,24-28)34-16-13-29(14-17-34)35-18-15-32(21-33(35)25-40)38-42-36(30-9-5-3-6-10-30)41-37(43-38)31-11-7-4-8-12-31/h3-18,21,26-28H,19-20,22-24H2,1-2H3/t26-,27+,28-,39?. The maximum Gasteiger partial charge on any atom is 0.164 e. The summed E-state index contributed by atoms with van der Waals surface area (Å²) in [6.07, 6.45) is 6.65. The first-order valence-electron chi connectivity index (χ1n) is 15.5. The van der Waals surface area contributed by atoms with Crippen molar-refractivity contribution in [3.05, 3.63) is 114 Å². The van der Waals surface area contributed by atoms with Crippen LogP contribution in [0.4, 0.5) is 0 Å². The quantitative estimate of drug-likeness (QED) is 0.215. The number of nitriles is 1. The van der Waals surface area contributed by atoms with Crippen molar-refractivity contribution in [2.75, 3.05) is 0 Å². The number of aromatic nitrogens is 3. The molecule has 1 aromatic heterocycles. The fourth-order valence-corrected chi connectivity index (χ4v) is 8.03. The molecule has 0 saturated heterocycles. The second-order valence-electron chi connectivity index (χ2n) is 12.9. The average molecular weight is 561 g/mol. The lowest BCUT2D eigenvalue weighted by Gasteiger charge is -2.50. The summed E-state index contributed by atoms with van der Waals surface area (Å²) in [5, 5.41) is 10.2. The Morgan fingerprint density at radius 2 is 1.12 bits per heavy atom. The molecule has 4 nitrogen and oxygen atoms in total. The Morgan fingerprint density at radius 1 is 0.605 bits per heavy atom. The average Bonchev–Trinajstić information content (AvgIpc) is 3.04. The van der Waals surface area contributed by atoms with Crippen molar-refractivity contribution in [3.8, 4) is 51.4 Å². The van der Waals surface area contributed by atoms with Gasteiger partial charge in [0.25, 0.3) is 0 Å². The summed E-state index contributed by atoms with van der Waals surface area (Å²) >= 11 is 0. The summed E-state index contributed by atoms with van der Waals surface area (Å²) in [7, 11) is 0. The van der Waals surface area contributed by atoms with E-state index in [1.165, 1.54) is 37.7 Å². The van der Waals surface area contributed by atoms with Crippen molar-refractivity contribution in [2.45, 2.75) is 51.4 Å². The van der Waals surface area contributed by atoms with E-state index in [1.54, 1.807) is 0 Å².